The molecule has 2 unspecified atom stereocenters. The number of rotatable bonds is 20. The first-order valence-electron chi connectivity index (χ1n) is 13.6. The number of benzene rings is 2. The van der Waals surface area contributed by atoms with Gasteiger partial charge in [-0.2, -0.15) is 0 Å². The van der Waals surface area contributed by atoms with Gasteiger partial charge in [-0.05, 0) is 24.5 Å². The van der Waals surface area contributed by atoms with Crippen LogP contribution in [0.1, 0.15) is 30.6 Å². The van der Waals surface area contributed by atoms with E-state index in [1.54, 1.807) is 6.92 Å². The average molecular weight is 561 g/mol. The van der Waals surface area contributed by atoms with E-state index in [0.717, 1.165) is 22.3 Å². The minimum Gasteiger partial charge on any atom is -0.480 e. The predicted octanol–water partition coefficient (Wildman–Crippen LogP) is 2.36. The van der Waals surface area contributed by atoms with Crippen LogP contribution >= 0.6 is 0 Å². The molecular formula is C29H40N2O9. The Labute approximate surface area is 234 Å². The standard InChI is InChI=1S/C29H40N2O9/c1-21(39-20-27(33)34)26(32)19-30-12-14-37-16-18-38-17-15-36-13-6-11-31-29(35)40-28-24-9-4-2-7-22(24)23-8-3-5-10-25(23)28/h2-5,7-10,21,26,28,30,32H,6,11-20H2,1H3,(H,31,35)(H,33,34). The van der Waals surface area contributed by atoms with Crippen LogP contribution in [0.5, 0.6) is 0 Å². The fraction of sp³-hybridized carbons (Fsp3) is 0.517. The first-order chi connectivity index (χ1) is 19.5. The summed E-state index contributed by atoms with van der Waals surface area (Å²) in [5.41, 5.74) is 4.19. The van der Waals surface area contributed by atoms with Gasteiger partial charge in [-0.15, -0.1) is 0 Å². The maximum atomic E-state index is 12.4. The van der Waals surface area contributed by atoms with Crippen LogP contribution in [0, 0.1) is 0 Å². The van der Waals surface area contributed by atoms with E-state index in [9.17, 15) is 14.7 Å². The maximum absolute atomic E-state index is 12.4. The highest BCUT2D eigenvalue weighted by molar-refractivity contribution is 5.79. The molecule has 2 aromatic rings. The molecule has 0 fully saturated rings. The zero-order valence-corrected chi connectivity index (χ0v) is 22.9. The molecule has 0 aliphatic heterocycles. The van der Waals surface area contributed by atoms with Crippen LogP contribution in [-0.4, -0.2) is 100 Å². The van der Waals surface area contributed by atoms with E-state index in [1.807, 2.05) is 48.5 Å². The molecule has 0 saturated heterocycles. The molecule has 220 valence electrons. The highest BCUT2D eigenvalue weighted by atomic mass is 16.6. The number of ether oxygens (including phenoxy) is 5. The molecule has 0 radical (unpaired) electrons. The molecule has 1 amide bonds. The minimum atomic E-state index is -1.07. The van der Waals surface area contributed by atoms with E-state index in [-0.39, 0.29) is 6.54 Å². The zero-order chi connectivity index (χ0) is 28.6. The van der Waals surface area contributed by atoms with Crippen molar-refractivity contribution in [1.29, 1.82) is 0 Å². The van der Waals surface area contributed by atoms with E-state index in [0.29, 0.717) is 59.2 Å². The third-order valence-electron chi connectivity index (χ3n) is 6.27. The van der Waals surface area contributed by atoms with E-state index in [4.69, 9.17) is 28.8 Å². The van der Waals surface area contributed by atoms with E-state index in [2.05, 4.69) is 10.6 Å². The van der Waals surface area contributed by atoms with Crippen molar-refractivity contribution in [2.75, 3.05) is 65.9 Å². The minimum absolute atomic E-state index is 0.276. The number of aliphatic hydroxyl groups is 1. The number of carboxylic acid groups (broad SMARTS) is 1. The summed E-state index contributed by atoms with van der Waals surface area (Å²) in [5, 5.41) is 24.3. The predicted molar refractivity (Wildman–Crippen MR) is 147 cm³/mol. The largest absolute Gasteiger partial charge is 0.480 e. The van der Waals surface area contributed by atoms with Gasteiger partial charge in [-0.3, -0.25) is 0 Å². The molecule has 0 aromatic heterocycles. The first kappa shape index (κ1) is 31.5. The van der Waals surface area contributed by atoms with Gasteiger partial charge >= 0.3 is 12.1 Å². The number of alkyl carbamates (subject to hydrolysis) is 1. The number of amides is 1. The SMILES string of the molecule is CC(OCC(=O)O)C(O)CNCCOCCOCCOCCCNC(=O)OC1c2ccccc2-c2ccccc21. The third kappa shape index (κ3) is 10.5. The molecule has 11 heteroatoms. The van der Waals surface area contributed by atoms with Crippen LogP contribution in [0.4, 0.5) is 4.79 Å². The Morgan fingerprint density at radius 1 is 0.850 bits per heavy atom. The number of carboxylic acids is 1. The summed E-state index contributed by atoms with van der Waals surface area (Å²) in [6.07, 6.45) is -1.59. The molecule has 0 saturated carbocycles. The second-order valence-electron chi connectivity index (χ2n) is 9.26. The summed E-state index contributed by atoms with van der Waals surface area (Å²) in [5.74, 6) is -1.07. The van der Waals surface area contributed by atoms with Crippen molar-refractivity contribution in [3.63, 3.8) is 0 Å². The lowest BCUT2D eigenvalue weighted by Gasteiger charge is -2.19. The van der Waals surface area contributed by atoms with Crippen molar-refractivity contribution in [3.8, 4) is 11.1 Å². The van der Waals surface area contributed by atoms with Gasteiger partial charge in [-0.25, -0.2) is 9.59 Å². The molecule has 0 heterocycles. The quantitative estimate of drug-likeness (QED) is 0.178. The normalized spacial score (nSPS) is 13.8. The lowest BCUT2D eigenvalue weighted by Crippen LogP contribution is -2.38. The smallest absolute Gasteiger partial charge is 0.408 e. The van der Waals surface area contributed by atoms with Gasteiger partial charge in [0.15, 0.2) is 6.10 Å². The van der Waals surface area contributed by atoms with Crippen LogP contribution in [0.3, 0.4) is 0 Å². The summed E-state index contributed by atoms with van der Waals surface area (Å²) in [4.78, 5) is 22.9. The number of hydrogen-bond acceptors (Lipinski definition) is 9. The van der Waals surface area contributed by atoms with Crippen molar-refractivity contribution in [1.82, 2.24) is 10.6 Å². The highest BCUT2D eigenvalue weighted by Gasteiger charge is 2.30. The molecule has 4 N–H and O–H groups in total. The maximum Gasteiger partial charge on any atom is 0.408 e. The van der Waals surface area contributed by atoms with E-state index in [1.165, 1.54) is 0 Å². The van der Waals surface area contributed by atoms with Gasteiger partial charge in [0.05, 0.1) is 45.2 Å². The average Bonchev–Trinajstić information content (AvgIpc) is 3.27. The molecule has 3 rings (SSSR count). The Morgan fingerprint density at radius 3 is 2.05 bits per heavy atom. The molecule has 2 atom stereocenters. The summed E-state index contributed by atoms with van der Waals surface area (Å²) in [7, 11) is 0. The van der Waals surface area contributed by atoms with E-state index >= 15 is 0 Å². The molecule has 2 aromatic carbocycles. The summed E-state index contributed by atoms with van der Waals surface area (Å²) < 4.78 is 27.2. The fourth-order valence-electron chi connectivity index (χ4n) is 4.17. The second-order valence-corrected chi connectivity index (χ2v) is 9.26. The Balaban J connectivity index is 1.12. The van der Waals surface area contributed by atoms with Gasteiger partial charge in [0.1, 0.15) is 6.61 Å². The van der Waals surface area contributed by atoms with Crippen LogP contribution in [0.25, 0.3) is 11.1 Å². The zero-order valence-electron chi connectivity index (χ0n) is 22.9. The highest BCUT2D eigenvalue weighted by Crippen LogP contribution is 2.44. The lowest BCUT2D eigenvalue weighted by molar-refractivity contribution is -0.146. The van der Waals surface area contributed by atoms with Crippen molar-refractivity contribution in [3.05, 3.63) is 59.7 Å². The molecule has 1 aliphatic rings. The number of hydrogen-bond donors (Lipinski definition) is 4. The number of fused-ring (bicyclic) bond motifs is 3. The van der Waals surface area contributed by atoms with Crippen LogP contribution in [0.2, 0.25) is 0 Å². The van der Waals surface area contributed by atoms with Crippen molar-refractivity contribution < 1.29 is 43.5 Å². The summed E-state index contributed by atoms with van der Waals surface area (Å²) >= 11 is 0. The van der Waals surface area contributed by atoms with Crippen molar-refractivity contribution >= 4 is 12.1 Å². The topological polar surface area (TPSA) is 145 Å². The van der Waals surface area contributed by atoms with Crippen molar-refractivity contribution in [2.45, 2.75) is 31.7 Å². The number of carbonyl (C=O) groups excluding carboxylic acids is 1. The third-order valence-corrected chi connectivity index (χ3v) is 6.27. The molecule has 0 bridgehead atoms. The number of nitrogens with one attached hydrogen (secondary N) is 2. The Bertz CT molecular complexity index is 1010. The lowest BCUT2D eigenvalue weighted by atomic mass is 10.1. The second kappa shape index (κ2) is 17.6. The van der Waals surface area contributed by atoms with Crippen LogP contribution in [-0.2, 0) is 28.5 Å². The molecule has 1 aliphatic carbocycles. The van der Waals surface area contributed by atoms with Crippen LogP contribution in [0.15, 0.2) is 48.5 Å². The molecule has 40 heavy (non-hydrogen) atoms. The molecular weight excluding hydrogens is 520 g/mol. The molecule has 0 spiro atoms. The van der Waals surface area contributed by atoms with Crippen molar-refractivity contribution in [2.24, 2.45) is 0 Å². The Morgan fingerprint density at radius 2 is 1.43 bits per heavy atom. The van der Waals surface area contributed by atoms with E-state index < -0.39 is 37.0 Å². The summed E-state index contributed by atoms with van der Waals surface area (Å²) in [6.45, 7) is 5.15. The van der Waals surface area contributed by atoms with Gasteiger partial charge in [0.25, 0.3) is 0 Å². The van der Waals surface area contributed by atoms with Crippen LogP contribution < -0.4 is 10.6 Å². The Hall–Kier alpha value is -3.06. The Kier molecular flexibility index (Phi) is 13.8. The number of aliphatic carboxylic acids is 1. The first-order valence-corrected chi connectivity index (χ1v) is 13.6. The fourth-order valence-corrected chi connectivity index (χ4v) is 4.17. The van der Waals surface area contributed by atoms with Gasteiger partial charge in [0, 0.05) is 37.4 Å². The van der Waals surface area contributed by atoms with Gasteiger partial charge in [-0.1, -0.05) is 48.5 Å². The monoisotopic (exact) mass is 560 g/mol. The number of carbonyl (C=O) groups is 2. The summed E-state index contributed by atoms with van der Waals surface area (Å²) in [6, 6.07) is 16.0. The van der Waals surface area contributed by atoms with Gasteiger partial charge < -0.3 is 44.5 Å². The number of aliphatic hydroxyl groups excluding tert-OH is 1. The molecule has 11 nitrogen and oxygen atoms in total. The van der Waals surface area contributed by atoms with Gasteiger partial charge in [0.2, 0.25) is 0 Å².